The highest BCUT2D eigenvalue weighted by atomic mass is 35.5. The Kier molecular flexibility index (Phi) is 3.61. The van der Waals surface area contributed by atoms with Crippen molar-refractivity contribution in [3.8, 4) is 0 Å². The molecule has 48 valence electrons. The van der Waals surface area contributed by atoms with Gasteiger partial charge in [0, 0.05) is 6.42 Å². The number of esters is 1. The van der Waals surface area contributed by atoms with Gasteiger partial charge in [-0.1, -0.05) is 18.5 Å². The Morgan fingerprint density at radius 2 is 2.38 bits per heavy atom. The minimum absolute atomic E-state index is 0.257. The molecule has 0 radical (unpaired) electrons. The van der Waals surface area contributed by atoms with Crippen molar-refractivity contribution in [1.82, 2.24) is 0 Å². The number of carbonyl (C=O) groups is 1. The predicted octanol–water partition coefficient (Wildman–Crippen LogP) is 1.52. The third-order valence-electron chi connectivity index (χ3n) is 0.583. The molecule has 3 heteroatoms. The van der Waals surface area contributed by atoms with Gasteiger partial charge in [0.05, 0.1) is 0 Å². The average molecular weight is 137 g/mol. The molecule has 1 unspecified atom stereocenters. The lowest BCUT2D eigenvalue weighted by atomic mass is 10.5. The molecule has 1 atom stereocenters. The van der Waals surface area contributed by atoms with E-state index in [0.717, 1.165) is 0 Å². The Morgan fingerprint density at radius 1 is 1.88 bits per heavy atom. The molecule has 0 fully saturated rings. The third-order valence-corrected chi connectivity index (χ3v) is 0.672. The van der Waals surface area contributed by atoms with E-state index in [1.807, 2.05) is 0 Å². The Bertz CT molecular complexity index is 80.5. The third kappa shape index (κ3) is 3.93. The van der Waals surface area contributed by atoms with Crippen LogP contribution in [0.1, 0.15) is 20.3 Å². The molecule has 0 amide bonds. The predicted molar refractivity (Wildman–Crippen MR) is 31.7 cm³/mol. The van der Waals surface area contributed by atoms with E-state index in [0.29, 0.717) is 6.42 Å². The van der Waals surface area contributed by atoms with Gasteiger partial charge in [-0.05, 0) is 6.92 Å². The Balaban J connectivity index is 3.25. The highest BCUT2D eigenvalue weighted by Crippen LogP contribution is 1.97. The lowest BCUT2D eigenvalue weighted by molar-refractivity contribution is -0.144. The zero-order valence-electron chi connectivity index (χ0n) is 4.98. The fourth-order valence-electron chi connectivity index (χ4n) is 0.264. The van der Waals surface area contributed by atoms with Gasteiger partial charge < -0.3 is 4.74 Å². The van der Waals surface area contributed by atoms with Crippen LogP contribution in [0.15, 0.2) is 0 Å². The summed E-state index contributed by atoms with van der Waals surface area (Å²) in [6.07, 6.45) is 0.386. The minimum atomic E-state index is -0.498. The van der Waals surface area contributed by atoms with Crippen LogP contribution in [0.4, 0.5) is 0 Å². The van der Waals surface area contributed by atoms with E-state index in [2.05, 4.69) is 4.74 Å². The first kappa shape index (κ1) is 7.76. The molecule has 0 aliphatic heterocycles. The first-order valence-electron chi connectivity index (χ1n) is 2.50. The summed E-state index contributed by atoms with van der Waals surface area (Å²) >= 11 is 5.31. The summed E-state index contributed by atoms with van der Waals surface area (Å²) in [4.78, 5) is 10.3. The van der Waals surface area contributed by atoms with Crippen molar-refractivity contribution in [1.29, 1.82) is 0 Å². The van der Waals surface area contributed by atoms with Crippen LogP contribution in [-0.4, -0.2) is 11.5 Å². The maximum absolute atomic E-state index is 10.3. The number of hydrogen-bond donors (Lipinski definition) is 0. The van der Waals surface area contributed by atoms with Crippen molar-refractivity contribution in [2.75, 3.05) is 0 Å². The van der Waals surface area contributed by atoms with E-state index in [9.17, 15) is 4.79 Å². The van der Waals surface area contributed by atoms with Gasteiger partial charge in [-0.3, -0.25) is 4.79 Å². The summed E-state index contributed by atoms with van der Waals surface area (Å²) in [5.74, 6) is -0.257. The molecule has 2 nitrogen and oxygen atoms in total. The smallest absolute Gasteiger partial charge is 0.306 e. The van der Waals surface area contributed by atoms with Gasteiger partial charge in [-0.2, -0.15) is 0 Å². The summed E-state index contributed by atoms with van der Waals surface area (Å²) in [6, 6.07) is 0. The van der Waals surface area contributed by atoms with Crippen molar-refractivity contribution >= 4 is 17.6 Å². The van der Waals surface area contributed by atoms with Crippen LogP contribution in [0, 0.1) is 0 Å². The molecule has 0 heterocycles. The molecule has 0 bridgehead atoms. The number of ether oxygens (including phenoxy) is 1. The number of rotatable bonds is 2. The zero-order chi connectivity index (χ0) is 6.57. The molecule has 0 N–H and O–H groups in total. The van der Waals surface area contributed by atoms with Crippen molar-refractivity contribution in [3.05, 3.63) is 0 Å². The standard InChI is InChI=1S/C5H9ClO2/c1-3-5(7)8-4(2)6/h4H,3H2,1-2H3. The van der Waals surface area contributed by atoms with E-state index in [-0.39, 0.29) is 5.97 Å². The average Bonchev–Trinajstić information content (AvgIpc) is 1.65. The fraction of sp³-hybridized carbons (Fsp3) is 0.800. The maximum atomic E-state index is 10.3. The molecular weight excluding hydrogens is 128 g/mol. The lowest BCUT2D eigenvalue weighted by Gasteiger charge is -2.02. The van der Waals surface area contributed by atoms with Gasteiger partial charge in [0.15, 0.2) is 5.56 Å². The van der Waals surface area contributed by atoms with E-state index in [4.69, 9.17) is 11.6 Å². The summed E-state index contributed by atoms with van der Waals surface area (Å²) in [6.45, 7) is 3.33. The van der Waals surface area contributed by atoms with Crippen molar-refractivity contribution in [2.24, 2.45) is 0 Å². The van der Waals surface area contributed by atoms with Crippen molar-refractivity contribution in [3.63, 3.8) is 0 Å². The Labute approximate surface area is 53.8 Å². The zero-order valence-corrected chi connectivity index (χ0v) is 5.73. The van der Waals surface area contributed by atoms with Gasteiger partial charge >= 0.3 is 5.97 Å². The van der Waals surface area contributed by atoms with E-state index in [1.165, 1.54) is 0 Å². The van der Waals surface area contributed by atoms with Crippen molar-refractivity contribution in [2.45, 2.75) is 25.8 Å². The summed E-state index contributed by atoms with van der Waals surface area (Å²) in [5, 5.41) is 0. The summed E-state index contributed by atoms with van der Waals surface area (Å²) < 4.78 is 4.53. The van der Waals surface area contributed by atoms with Gasteiger partial charge in [-0.15, -0.1) is 0 Å². The normalized spacial score (nSPS) is 12.9. The molecule has 0 aliphatic rings. The molecule has 0 aromatic carbocycles. The van der Waals surface area contributed by atoms with Crippen LogP contribution in [0.2, 0.25) is 0 Å². The molecule has 0 aromatic heterocycles. The van der Waals surface area contributed by atoms with E-state index in [1.54, 1.807) is 13.8 Å². The number of hydrogen-bond acceptors (Lipinski definition) is 2. The number of alkyl halides is 1. The van der Waals surface area contributed by atoms with E-state index >= 15 is 0 Å². The lowest BCUT2D eigenvalue weighted by Crippen LogP contribution is -2.07. The first-order valence-corrected chi connectivity index (χ1v) is 2.94. The van der Waals surface area contributed by atoms with Crippen molar-refractivity contribution < 1.29 is 9.53 Å². The topological polar surface area (TPSA) is 26.3 Å². The molecule has 0 aromatic rings. The van der Waals surface area contributed by atoms with Crippen LogP contribution < -0.4 is 0 Å². The second-order valence-electron chi connectivity index (χ2n) is 1.39. The van der Waals surface area contributed by atoms with Crippen LogP contribution in [-0.2, 0) is 9.53 Å². The summed E-state index contributed by atoms with van der Waals surface area (Å²) in [5.41, 5.74) is -0.498. The first-order chi connectivity index (χ1) is 3.66. The monoisotopic (exact) mass is 136 g/mol. The van der Waals surface area contributed by atoms with Gasteiger partial charge in [0.1, 0.15) is 0 Å². The molecule has 8 heavy (non-hydrogen) atoms. The largest absolute Gasteiger partial charge is 0.446 e. The summed E-state index contributed by atoms with van der Waals surface area (Å²) in [7, 11) is 0. The second-order valence-corrected chi connectivity index (χ2v) is 2.00. The molecular formula is C5H9ClO2. The molecule has 0 saturated heterocycles. The Hall–Kier alpha value is -0.240. The number of carbonyl (C=O) groups excluding carboxylic acids is 1. The highest BCUT2D eigenvalue weighted by Gasteiger charge is 2.00. The SMILES string of the molecule is CCC(=O)OC(C)Cl. The van der Waals surface area contributed by atoms with Crippen LogP contribution in [0.3, 0.4) is 0 Å². The second kappa shape index (κ2) is 3.72. The quantitative estimate of drug-likeness (QED) is 0.425. The van der Waals surface area contributed by atoms with Gasteiger partial charge in [0.25, 0.3) is 0 Å². The molecule has 0 spiro atoms. The Morgan fingerprint density at radius 3 is 2.50 bits per heavy atom. The molecule has 0 rings (SSSR count). The maximum Gasteiger partial charge on any atom is 0.306 e. The van der Waals surface area contributed by atoms with Gasteiger partial charge in [-0.25, -0.2) is 0 Å². The van der Waals surface area contributed by atoms with E-state index < -0.39 is 5.56 Å². The van der Waals surface area contributed by atoms with Crippen LogP contribution in [0.25, 0.3) is 0 Å². The van der Waals surface area contributed by atoms with Crippen LogP contribution >= 0.6 is 11.6 Å². The fourth-order valence-corrected chi connectivity index (χ4v) is 0.364. The molecule has 0 aliphatic carbocycles. The van der Waals surface area contributed by atoms with Gasteiger partial charge in [0.2, 0.25) is 0 Å². The number of halogens is 1. The minimum Gasteiger partial charge on any atom is -0.446 e. The highest BCUT2D eigenvalue weighted by molar-refractivity contribution is 6.19. The van der Waals surface area contributed by atoms with Crippen LogP contribution in [0.5, 0.6) is 0 Å². The molecule has 0 saturated carbocycles.